The van der Waals surface area contributed by atoms with Crippen molar-refractivity contribution in [1.29, 1.82) is 0 Å². The van der Waals surface area contributed by atoms with Gasteiger partial charge < -0.3 is 14.5 Å². The molecule has 0 aliphatic rings. The van der Waals surface area contributed by atoms with Gasteiger partial charge in [-0.05, 0) is 42.8 Å². The van der Waals surface area contributed by atoms with Gasteiger partial charge in [-0.25, -0.2) is 4.98 Å². The van der Waals surface area contributed by atoms with Crippen molar-refractivity contribution in [2.45, 2.75) is 19.4 Å². The number of nitrogens with one attached hydrogen (secondary N) is 1. The van der Waals surface area contributed by atoms with E-state index in [4.69, 9.17) is 4.74 Å². The first kappa shape index (κ1) is 17.8. The predicted molar refractivity (Wildman–Crippen MR) is 108 cm³/mol. The van der Waals surface area contributed by atoms with E-state index in [1.807, 2.05) is 40.9 Å². The standard InChI is InChI=1S/C21H20N4O3/c1-28-18-10-3-2-7-15(18)23-19(26)11-6-14-25-20-16(8-4-12-22-20)24-13-5-9-17(24)21(25)27/h2-5,7-10,12-13H,6,11,14H2,1H3,(H,23,26). The molecule has 0 bridgehead atoms. The number of aromatic nitrogens is 3. The van der Waals surface area contributed by atoms with Crippen LogP contribution < -0.4 is 15.6 Å². The van der Waals surface area contributed by atoms with E-state index in [2.05, 4.69) is 10.3 Å². The molecule has 1 amide bonds. The zero-order chi connectivity index (χ0) is 19.5. The number of hydrogen-bond donors (Lipinski definition) is 1. The second-order valence-corrected chi connectivity index (χ2v) is 6.42. The van der Waals surface area contributed by atoms with Crippen LogP contribution in [0.4, 0.5) is 5.69 Å². The van der Waals surface area contributed by atoms with Gasteiger partial charge in [0.2, 0.25) is 5.91 Å². The lowest BCUT2D eigenvalue weighted by Crippen LogP contribution is -2.24. The molecular formula is C21H20N4O3. The van der Waals surface area contributed by atoms with Crippen molar-refractivity contribution in [3.63, 3.8) is 0 Å². The van der Waals surface area contributed by atoms with Gasteiger partial charge in [-0.1, -0.05) is 12.1 Å². The van der Waals surface area contributed by atoms with Gasteiger partial charge in [0.15, 0.2) is 5.65 Å². The fraction of sp³-hybridized carbons (Fsp3) is 0.190. The van der Waals surface area contributed by atoms with E-state index in [1.165, 1.54) is 0 Å². The first-order chi connectivity index (χ1) is 13.7. The van der Waals surface area contributed by atoms with Crippen LogP contribution in [0.15, 0.2) is 65.7 Å². The molecule has 142 valence electrons. The monoisotopic (exact) mass is 376 g/mol. The number of rotatable bonds is 6. The molecule has 0 fully saturated rings. The van der Waals surface area contributed by atoms with Gasteiger partial charge in [0.05, 0.1) is 18.3 Å². The molecule has 1 N–H and O–H groups in total. The van der Waals surface area contributed by atoms with E-state index in [0.717, 1.165) is 5.52 Å². The molecule has 7 nitrogen and oxygen atoms in total. The Kier molecular flexibility index (Phi) is 4.80. The van der Waals surface area contributed by atoms with Crippen LogP contribution in [0.25, 0.3) is 16.7 Å². The van der Waals surface area contributed by atoms with Crippen molar-refractivity contribution >= 4 is 28.3 Å². The fourth-order valence-corrected chi connectivity index (χ4v) is 3.35. The van der Waals surface area contributed by atoms with Gasteiger partial charge in [-0.2, -0.15) is 0 Å². The van der Waals surface area contributed by atoms with Crippen LogP contribution in [-0.4, -0.2) is 27.0 Å². The van der Waals surface area contributed by atoms with E-state index >= 15 is 0 Å². The number of para-hydroxylation sites is 2. The summed E-state index contributed by atoms with van der Waals surface area (Å²) in [6.07, 6.45) is 4.32. The van der Waals surface area contributed by atoms with E-state index in [1.54, 1.807) is 36.1 Å². The summed E-state index contributed by atoms with van der Waals surface area (Å²) in [5.41, 5.74) is 2.59. The summed E-state index contributed by atoms with van der Waals surface area (Å²) in [4.78, 5) is 29.5. The molecule has 0 saturated heterocycles. The summed E-state index contributed by atoms with van der Waals surface area (Å²) in [6.45, 7) is 0.410. The topological polar surface area (TPSA) is 77.6 Å². The van der Waals surface area contributed by atoms with E-state index in [-0.39, 0.29) is 17.9 Å². The van der Waals surface area contributed by atoms with E-state index in [9.17, 15) is 9.59 Å². The van der Waals surface area contributed by atoms with Crippen LogP contribution >= 0.6 is 0 Å². The molecule has 0 spiro atoms. The Morgan fingerprint density at radius 1 is 1.11 bits per heavy atom. The van der Waals surface area contributed by atoms with Crippen molar-refractivity contribution in [3.8, 4) is 5.75 Å². The van der Waals surface area contributed by atoms with Gasteiger partial charge in [0.25, 0.3) is 5.56 Å². The number of anilines is 1. The number of nitrogens with zero attached hydrogens (tertiary/aromatic N) is 3. The van der Waals surface area contributed by atoms with Crippen LogP contribution in [0.2, 0.25) is 0 Å². The average Bonchev–Trinajstić information content (AvgIpc) is 3.21. The summed E-state index contributed by atoms with van der Waals surface area (Å²) in [5.74, 6) is 0.486. The van der Waals surface area contributed by atoms with Crippen molar-refractivity contribution in [2.24, 2.45) is 0 Å². The Morgan fingerprint density at radius 2 is 1.93 bits per heavy atom. The highest BCUT2D eigenvalue weighted by molar-refractivity contribution is 5.92. The molecule has 0 atom stereocenters. The number of fused-ring (bicyclic) bond motifs is 3. The Labute approximate surface area is 161 Å². The molecule has 0 unspecified atom stereocenters. The van der Waals surface area contributed by atoms with Crippen molar-refractivity contribution in [3.05, 3.63) is 71.3 Å². The molecule has 1 aromatic carbocycles. The maximum Gasteiger partial charge on any atom is 0.276 e. The summed E-state index contributed by atoms with van der Waals surface area (Å²) in [5, 5.41) is 2.85. The number of amides is 1. The van der Waals surface area contributed by atoms with E-state index < -0.39 is 0 Å². The lowest BCUT2D eigenvalue weighted by molar-refractivity contribution is -0.116. The van der Waals surface area contributed by atoms with Crippen LogP contribution in [0.5, 0.6) is 5.75 Å². The zero-order valence-electron chi connectivity index (χ0n) is 15.5. The van der Waals surface area contributed by atoms with Crippen molar-refractivity contribution < 1.29 is 9.53 Å². The van der Waals surface area contributed by atoms with Crippen LogP contribution in [0, 0.1) is 0 Å². The Morgan fingerprint density at radius 3 is 2.79 bits per heavy atom. The summed E-state index contributed by atoms with van der Waals surface area (Å²) in [6, 6.07) is 14.7. The minimum atomic E-state index is -0.126. The maximum atomic E-state index is 12.8. The number of aryl methyl sites for hydroxylation is 1. The number of methoxy groups -OCH3 is 1. The molecule has 7 heteroatoms. The Balaban J connectivity index is 1.52. The average molecular weight is 376 g/mol. The number of hydrogen-bond acceptors (Lipinski definition) is 4. The zero-order valence-corrected chi connectivity index (χ0v) is 15.5. The largest absolute Gasteiger partial charge is 0.495 e. The molecule has 3 heterocycles. The Bertz CT molecular complexity index is 1210. The third kappa shape index (κ3) is 3.22. The molecule has 0 saturated carbocycles. The van der Waals surface area contributed by atoms with Crippen molar-refractivity contribution in [1.82, 2.24) is 14.0 Å². The molecular weight excluding hydrogens is 356 g/mol. The highest BCUT2D eigenvalue weighted by atomic mass is 16.5. The molecule has 3 aromatic heterocycles. The van der Waals surface area contributed by atoms with Gasteiger partial charge in [-0.3, -0.25) is 14.2 Å². The Hall–Kier alpha value is -3.61. The smallest absolute Gasteiger partial charge is 0.276 e. The lowest BCUT2D eigenvalue weighted by Gasteiger charge is -2.12. The molecule has 4 rings (SSSR count). The molecule has 4 aromatic rings. The molecule has 28 heavy (non-hydrogen) atoms. The third-order valence-corrected chi connectivity index (χ3v) is 4.66. The van der Waals surface area contributed by atoms with Crippen LogP contribution in [-0.2, 0) is 11.3 Å². The maximum absolute atomic E-state index is 12.8. The van der Waals surface area contributed by atoms with Gasteiger partial charge in [0, 0.05) is 25.4 Å². The number of pyridine rings is 1. The van der Waals surface area contributed by atoms with E-state index in [0.29, 0.717) is 35.6 Å². The quantitative estimate of drug-likeness (QED) is 0.561. The predicted octanol–water partition coefficient (Wildman–Crippen LogP) is 3.08. The minimum absolute atomic E-state index is 0.110. The molecule has 0 radical (unpaired) electrons. The van der Waals surface area contributed by atoms with Crippen molar-refractivity contribution in [2.75, 3.05) is 12.4 Å². The summed E-state index contributed by atoms with van der Waals surface area (Å²) >= 11 is 0. The van der Waals surface area contributed by atoms with Gasteiger partial charge in [0.1, 0.15) is 11.3 Å². The molecule has 0 aliphatic carbocycles. The normalized spacial score (nSPS) is 11.0. The first-order valence-corrected chi connectivity index (χ1v) is 9.06. The molecule has 0 aliphatic heterocycles. The second kappa shape index (κ2) is 7.56. The second-order valence-electron chi connectivity index (χ2n) is 6.42. The number of benzene rings is 1. The number of ether oxygens (including phenoxy) is 1. The number of carbonyl (C=O) groups is 1. The van der Waals surface area contributed by atoms with Gasteiger partial charge in [-0.15, -0.1) is 0 Å². The highest BCUT2D eigenvalue weighted by Crippen LogP contribution is 2.23. The SMILES string of the molecule is COc1ccccc1NC(=O)CCCn1c(=O)c2cccn2c2cccnc21. The summed E-state index contributed by atoms with van der Waals surface area (Å²) < 4.78 is 8.73. The lowest BCUT2D eigenvalue weighted by atomic mass is 10.2. The first-order valence-electron chi connectivity index (χ1n) is 9.06. The number of carbonyl (C=O) groups excluding carboxylic acids is 1. The fourth-order valence-electron chi connectivity index (χ4n) is 3.35. The third-order valence-electron chi connectivity index (χ3n) is 4.66. The highest BCUT2D eigenvalue weighted by Gasteiger charge is 2.12. The van der Waals surface area contributed by atoms with Gasteiger partial charge >= 0.3 is 0 Å². The van der Waals surface area contributed by atoms with Crippen LogP contribution in [0.1, 0.15) is 12.8 Å². The minimum Gasteiger partial charge on any atom is -0.495 e. The van der Waals surface area contributed by atoms with Crippen LogP contribution in [0.3, 0.4) is 0 Å². The summed E-state index contributed by atoms with van der Waals surface area (Å²) in [7, 11) is 1.56.